The van der Waals surface area contributed by atoms with Crippen molar-refractivity contribution in [2.45, 2.75) is 27.3 Å². The topological polar surface area (TPSA) is 60.4 Å². The lowest BCUT2D eigenvalue weighted by Gasteiger charge is -2.03. The number of rotatable bonds is 2. The molecule has 0 aliphatic carbocycles. The average molecular weight is 325 g/mol. The maximum absolute atomic E-state index is 12.2. The number of hydrogen-bond donors (Lipinski definition) is 0. The highest BCUT2D eigenvalue weighted by atomic mass is 32.1. The molecule has 0 saturated heterocycles. The van der Waals surface area contributed by atoms with Gasteiger partial charge in [-0.1, -0.05) is 22.4 Å². The van der Waals surface area contributed by atoms with E-state index in [9.17, 15) is 4.79 Å². The fraction of sp³-hybridized carbons (Fsp3) is 0.235. The number of fused-ring (bicyclic) bond motifs is 1. The Balaban J connectivity index is 2.20. The molecule has 23 heavy (non-hydrogen) atoms. The number of terminal acetylenes is 1. The minimum atomic E-state index is -0.462. The molecule has 3 aromatic rings. The van der Waals surface area contributed by atoms with Crippen molar-refractivity contribution < 1.29 is 9.32 Å². The van der Waals surface area contributed by atoms with Crippen LogP contribution in [0.15, 0.2) is 27.7 Å². The number of carbonyl (C=O) groups excluding carboxylic acids is 1. The summed E-state index contributed by atoms with van der Waals surface area (Å²) in [6.45, 7) is 6.21. The Morgan fingerprint density at radius 2 is 2.09 bits per heavy atom. The maximum atomic E-state index is 12.2. The van der Waals surface area contributed by atoms with Crippen LogP contribution in [0.25, 0.3) is 10.2 Å². The smallest absolute Gasteiger partial charge is 0.318 e. The van der Waals surface area contributed by atoms with Crippen LogP contribution in [0.4, 0.5) is 0 Å². The second-order valence-corrected chi connectivity index (χ2v) is 6.34. The number of hydrogen-bond acceptors (Lipinski definition) is 4. The molecule has 0 aliphatic rings. The predicted molar refractivity (Wildman–Crippen MR) is 89.3 cm³/mol. The molecule has 0 spiro atoms. The summed E-state index contributed by atoms with van der Waals surface area (Å²) in [7, 11) is 0. The van der Waals surface area contributed by atoms with Crippen molar-refractivity contribution in [1.29, 1.82) is 0 Å². The van der Waals surface area contributed by atoms with E-state index in [1.54, 1.807) is 13.0 Å². The Morgan fingerprint density at radius 1 is 1.35 bits per heavy atom. The first-order valence-electron chi connectivity index (χ1n) is 7.06. The lowest BCUT2D eigenvalue weighted by atomic mass is 10.1. The summed E-state index contributed by atoms with van der Waals surface area (Å²) in [5.41, 5.74) is 3.99. The number of carbonyl (C=O) groups is 1. The molecule has 0 fully saturated rings. The van der Waals surface area contributed by atoms with Gasteiger partial charge >= 0.3 is 5.91 Å². The van der Waals surface area contributed by atoms with E-state index < -0.39 is 5.91 Å². The molecule has 0 aliphatic heterocycles. The van der Waals surface area contributed by atoms with Crippen LogP contribution in [-0.2, 0) is 6.54 Å². The first-order chi connectivity index (χ1) is 11.0. The Bertz CT molecular complexity index is 1010. The minimum absolute atomic E-state index is 0.125. The zero-order valence-electron chi connectivity index (χ0n) is 13.1. The van der Waals surface area contributed by atoms with Gasteiger partial charge in [-0.15, -0.1) is 6.42 Å². The van der Waals surface area contributed by atoms with Gasteiger partial charge in [-0.25, -0.2) is 0 Å². The molecule has 6 heteroatoms. The highest BCUT2D eigenvalue weighted by Crippen LogP contribution is 2.22. The third-order valence-corrected chi connectivity index (χ3v) is 4.62. The van der Waals surface area contributed by atoms with Crippen LogP contribution in [0.3, 0.4) is 0 Å². The monoisotopic (exact) mass is 325 g/mol. The minimum Gasteiger partial charge on any atom is -0.351 e. The van der Waals surface area contributed by atoms with E-state index in [-0.39, 0.29) is 5.76 Å². The largest absolute Gasteiger partial charge is 0.351 e. The molecular formula is C17H15N3O2S. The molecule has 0 N–H and O–H groups in total. The van der Waals surface area contributed by atoms with Crippen LogP contribution in [-0.4, -0.2) is 15.6 Å². The molecule has 0 saturated carbocycles. The molecule has 0 bridgehead atoms. The SMILES string of the molecule is C#CCn1c(=NC(=O)c2cc(C)no2)sc2cc(C)c(C)cc21. The van der Waals surface area contributed by atoms with Crippen LogP contribution in [0.1, 0.15) is 27.4 Å². The van der Waals surface area contributed by atoms with Crippen LogP contribution >= 0.6 is 11.3 Å². The van der Waals surface area contributed by atoms with Gasteiger partial charge in [0.1, 0.15) is 0 Å². The van der Waals surface area contributed by atoms with Crippen molar-refractivity contribution in [3.63, 3.8) is 0 Å². The second-order valence-electron chi connectivity index (χ2n) is 5.33. The molecule has 116 valence electrons. The number of nitrogens with zero attached hydrogens (tertiary/aromatic N) is 3. The molecule has 3 rings (SSSR count). The van der Waals surface area contributed by atoms with Gasteiger partial charge in [0.15, 0.2) is 4.80 Å². The zero-order valence-corrected chi connectivity index (χ0v) is 13.9. The van der Waals surface area contributed by atoms with Crippen LogP contribution in [0.5, 0.6) is 0 Å². The summed E-state index contributed by atoms with van der Waals surface area (Å²) in [6, 6.07) is 5.73. The third-order valence-electron chi connectivity index (χ3n) is 3.58. The van der Waals surface area contributed by atoms with Gasteiger partial charge in [-0.05, 0) is 44.0 Å². The summed E-state index contributed by atoms with van der Waals surface area (Å²) in [4.78, 5) is 17.0. The van der Waals surface area contributed by atoms with Crippen molar-refractivity contribution >= 4 is 27.5 Å². The number of thiazole rings is 1. The van der Waals surface area contributed by atoms with Crippen molar-refractivity contribution in [2.75, 3.05) is 0 Å². The van der Waals surface area contributed by atoms with Crippen molar-refractivity contribution in [2.24, 2.45) is 4.99 Å². The number of aromatic nitrogens is 2. The predicted octanol–water partition coefficient (Wildman–Crippen LogP) is 2.99. The van der Waals surface area contributed by atoms with Gasteiger partial charge < -0.3 is 9.09 Å². The second kappa shape index (κ2) is 5.86. The lowest BCUT2D eigenvalue weighted by Crippen LogP contribution is -2.16. The van der Waals surface area contributed by atoms with Gasteiger partial charge in [-0.2, -0.15) is 4.99 Å². The fourth-order valence-corrected chi connectivity index (χ4v) is 3.36. The molecule has 0 unspecified atom stereocenters. The van der Waals surface area contributed by atoms with Crippen molar-refractivity contribution in [1.82, 2.24) is 9.72 Å². The van der Waals surface area contributed by atoms with E-state index in [4.69, 9.17) is 10.9 Å². The number of aryl methyl sites for hydroxylation is 3. The molecule has 1 amide bonds. The fourth-order valence-electron chi connectivity index (χ4n) is 2.26. The summed E-state index contributed by atoms with van der Waals surface area (Å²) < 4.78 is 7.89. The van der Waals surface area contributed by atoms with Gasteiger partial charge in [0.2, 0.25) is 5.76 Å². The van der Waals surface area contributed by atoms with E-state index >= 15 is 0 Å². The number of amides is 1. The van der Waals surface area contributed by atoms with E-state index in [0.29, 0.717) is 17.0 Å². The summed E-state index contributed by atoms with van der Waals surface area (Å²) >= 11 is 1.43. The number of benzene rings is 1. The summed E-state index contributed by atoms with van der Waals surface area (Å²) in [5, 5.41) is 3.71. The first kappa shape index (κ1) is 15.3. The van der Waals surface area contributed by atoms with Gasteiger partial charge in [0.25, 0.3) is 0 Å². The molecule has 2 heterocycles. The third kappa shape index (κ3) is 2.83. The van der Waals surface area contributed by atoms with E-state index in [0.717, 1.165) is 10.2 Å². The van der Waals surface area contributed by atoms with Crippen LogP contribution < -0.4 is 4.80 Å². The average Bonchev–Trinajstić information content (AvgIpc) is 3.06. The standard InChI is InChI=1S/C17H15N3O2S/c1-5-6-20-13-7-10(2)11(3)8-15(13)23-17(20)18-16(21)14-9-12(4)19-22-14/h1,7-9H,6H2,2-4H3. The summed E-state index contributed by atoms with van der Waals surface area (Å²) in [5.74, 6) is 2.28. The maximum Gasteiger partial charge on any atom is 0.318 e. The Labute approximate surface area is 137 Å². The van der Waals surface area contributed by atoms with E-state index in [1.807, 2.05) is 11.5 Å². The first-order valence-corrected chi connectivity index (χ1v) is 7.87. The van der Waals surface area contributed by atoms with Crippen LogP contribution in [0, 0.1) is 33.1 Å². The molecule has 0 radical (unpaired) electrons. The van der Waals surface area contributed by atoms with E-state index in [1.165, 1.54) is 22.5 Å². The lowest BCUT2D eigenvalue weighted by molar-refractivity contribution is 0.0962. The Kier molecular flexibility index (Phi) is 3.89. The quantitative estimate of drug-likeness (QED) is 0.681. The highest BCUT2D eigenvalue weighted by molar-refractivity contribution is 7.16. The zero-order chi connectivity index (χ0) is 16.6. The van der Waals surface area contributed by atoms with Gasteiger partial charge in [-0.3, -0.25) is 4.79 Å². The van der Waals surface area contributed by atoms with Crippen molar-refractivity contribution in [3.05, 3.63) is 45.6 Å². The molecule has 1 aromatic carbocycles. The van der Waals surface area contributed by atoms with Crippen molar-refractivity contribution in [3.8, 4) is 12.3 Å². The van der Waals surface area contributed by atoms with Crippen LogP contribution in [0.2, 0.25) is 0 Å². The molecule has 0 atom stereocenters. The Morgan fingerprint density at radius 3 is 2.74 bits per heavy atom. The van der Waals surface area contributed by atoms with Gasteiger partial charge in [0.05, 0.1) is 22.5 Å². The Hall–Kier alpha value is -2.65. The highest BCUT2D eigenvalue weighted by Gasteiger charge is 2.13. The molecular weight excluding hydrogens is 310 g/mol. The van der Waals surface area contributed by atoms with E-state index in [2.05, 4.69) is 35.1 Å². The normalized spacial score (nSPS) is 11.8. The summed E-state index contributed by atoms with van der Waals surface area (Å²) in [6.07, 6.45) is 5.47. The molecule has 2 aromatic heterocycles. The molecule has 5 nitrogen and oxygen atoms in total. The van der Waals surface area contributed by atoms with Gasteiger partial charge in [0, 0.05) is 6.07 Å².